The highest BCUT2D eigenvalue weighted by atomic mass is 19.1. The van der Waals surface area contributed by atoms with Gasteiger partial charge in [-0.1, -0.05) is 31.1 Å². The Hall–Kier alpha value is -2.24. The fourth-order valence-electron chi connectivity index (χ4n) is 3.71. The summed E-state index contributed by atoms with van der Waals surface area (Å²) in [6, 6.07) is 6.25. The third kappa shape index (κ3) is 5.15. The molecule has 1 aromatic carbocycles. The third-order valence-corrected chi connectivity index (χ3v) is 5.12. The maximum atomic E-state index is 13.0. The summed E-state index contributed by atoms with van der Waals surface area (Å²) in [5.74, 6) is 0.163. The Balaban J connectivity index is 1.52. The molecule has 0 saturated carbocycles. The second-order valence-electron chi connectivity index (χ2n) is 7.95. The first-order valence-electron chi connectivity index (χ1n) is 9.70. The SMILES string of the molecule is CC(C)CC(=O)[C@@H]1CCCN(C(=O)[C@H]2CC(Cc3ccc(F)cc3)=NO2)C1. The van der Waals surface area contributed by atoms with Crippen molar-refractivity contribution in [2.45, 2.75) is 52.1 Å². The smallest absolute Gasteiger partial charge is 0.266 e. The molecule has 2 atom stereocenters. The Kier molecular flexibility index (Phi) is 6.24. The topological polar surface area (TPSA) is 59.0 Å². The molecule has 146 valence electrons. The van der Waals surface area contributed by atoms with Crippen molar-refractivity contribution in [3.05, 3.63) is 35.6 Å². The third-order valence-electron chi connectivity index (χ3n) is 5.12. The number of likely N-dealkylation sites (tertiary alicyclic amines) is 1. The minimum absolute atomic E-state index is 0.0638. The number of hydrogen-bond acceptors (Lipinski definition) is 4. The van der Waals surface area contributed by atoms with Gasteiger partial charge in [0.05, 0.1) is 5.71 Å². The van der Waals surface area contributed by atoms with Gasteiger partial charge in [-0.25, -0.2) is 4.39 Å². The van der Waals surface area contributed by atoms with Crippen molar-refractivity contribution >= 4 is 17.4 Å². The number of carbonyl (C=O) groups excluding carboxylic acids is 2. The van der Waals surface area contributed by atoms with Gasteiger partial charge in [-0.15, -0.1) is 0 Å². The lowest BCUT2D eigenvalue weighted by Crippen LogP contribution is -2.46. The normalized spacial score (nSPS) is 22.5. The molecule has 27 heavy (non-hydrogen) atoms. The average Bonchev–Trinajstić information content (AvgIpc) is 3.11. The zero-order valence-corrected chi connectivity index (χ0v) is 16.0. The molecule has 0 spiro atoms. The number of oxime groups is 1. The fraction of sp³-hybridized carbons (Fsp3) is 0.571. The molecule has 1 saturated heterocycles. The van der Waals surface area contributed by atoms with Gasteiger partial charge >= 0.3 is 0 Å². The van der Waals surface area contributed by atoms with Gasteiger partial charge in [0.15, 0.2) is 0 Å². The van der Waals surface area contributed by atoms with E-state index in [9.17, 15) is 14.0 Å². The van der Waals surface area contributed by atoms with Crippen molar-refractivity contribution in [2.24, 2.45) is 17.0 Å². The summed E-state index contributed by atoms with van der Waals surface area (Å²) in [4.78, 5) is 32.3. The van der Waals surface area contributed by atoms with Crippen LogP contribution in [-0.2, 0) is 20.8 Å². The Morgan fingerprint density at radius 2 is 2.04 bits per heavy atom. The van der Waals surface area contributed by atoms with E-state index < -0.39 is 6.10 Å². The summed E-state index contributed by atoms with van der Waals surface area (Å²) in [7, 11) is 0. The number of halogens is 1. The second-order valence-corrected chi connectivity index (χ2v) is 7.95. The molecule has 0 aromatic heterocycles. The first kappa shape index (κ1) is 19.5. The highest BCUT2D eigenvalue weighted by molar-refractivity contribution is 5.94. The first-order valence-corrected chi connectivity index (χ1v) is 9.70. The number of benzene rings is 1. The highest BCUT2D eigenvalue weighted by Crippen LogP contribution is 2.23. The summed E-state index contributed by atoms with van der Waals surface area (Å²) in [5, 5.41) is 4.05. The van der Waals surface area contributed by atoms with Gasteiger partial charge in [-0.2, -0.15) is 0 Å². The van der Waals surface area contributed by atoms with Crippen molar-refractivity contribution in [3.8, 4) is 0 Å². The lowest BCUT2D eigenvalue weighted by molar-refractivity contribution is -0.145. The van der Waals surface area contributed by atoms with E-state index in [1.165, 1.54) is 12.1 Å². The maximum Gasteiger partial charge on any atom is 0.266 e. The van der Waals surface area contributed by atoms with E-state index in [1.54, 1.807) is 17.0 Å². The number of ketones is 1. The first-order chi connectivity index (χ1) is 12.9. The molecule has 1 amide bonds. The van der Waals surface area contributed by atoms with Crippen LogP contribution in [0.25, 0.3) is 0 Å². The van der Waals surface area contributed by atoms with Crippen LogP contribution in [0.1, 0.15) is 45.1 Å². The van der Waals surface area contributed by atoms with Gasteiger partial charge in [0.2, 0.25) is 6.10 Å². The lowest BCUT2D eigenvalue weighted by Gasteiger charge is -2.33. The molecule has 2 aliphatic heterocycles. The molecular weight excluding hydrogens is 347 g/mol. The van der Waals surface area contributed by atoms with Crippen LogP contribution in [0.4, 0.5) is 4.39 Å². The standard InChI is InChI=1S/C21H27FN2O3/c1-14(2)10-19(25)16-4-3-9-24(13-16)21(26)20-12-18(23-27-20)11-15-5-7-17(22)8-6-15/h5-8,14,16,20H,3-4,9-13H2,1-2H3/t16-,20-/m1/s1. The maximum absolute atomic E-state index is 13.0. The van der Waals surface area contributed by atoms with Crippen LogP contribution in [0.15, 0.2) is 29.4 Å². The van der Waals surface area contributed by atoms with Gasteiger partial charge in [-0.05, 0) is 36.5 Å². The van der Waals surface area contributed by atoms with Crippen LogP contribution in [-0.4, -0.2) is 41.5 Å². The molecule has 5 nitrogen and oxygen atoms in total. The second kappa shape index (κ2) is 8.63. The van der Waals surface area contributed by atoms with E-state index in [2.05, 4.69) is 5.16 Å². The molecule has 0 aliphatic carbocycles. The van der Waals surface area contributed by atoms with Gasteiger partial charge in [0.1, 0.15) is 11.6 Å². The summed E-state index contributed by atoms with van der Waals surface area (Å²) in [5.41, 5.74) is 1.72. The van der Waals surface area contributed by atoms with Crippen LogP contribution in [0, 0.1) is 17.7 Å². The van der Waals surface area contributed by atoms with Gasteiger partial charge in [-0.3, -0.25) is 9.59 Å². The van der Waals surface area contributed by atoms with E-state index in [0.29, 0.717) is 38.3 Å². The summed E-state index contributed by atoms with van der Waals surface area (Å²) in [6.45, 7) is 5.22. The Morgan fingerprint density at radius 1 is 1.30 bits per heavy atom. The fourth-order valence-corrected chi connectivity index (χ4v) is 3.71. The van der Waals surface area contributed by atoms with Crippen molar-refractivity contribution in [1.82, 2.24) is 4.90 Å². The number of nitrogens with zero attached hydrogens (tertiary/aromatic N) is 2. The van der Waals surface area contributed by atoms with E-state index in [0.717, 1.165) is 24.1 Å². The van der Waals surface area contributed by atoms with Crippen LogP contribution in [0.3, 0.4) is 0 Å². The summed E-state index contributed by atoms with van der Waals surface area (Å²) >= 11 is 0. The van der Waals surface area contributed by atoms with Gasteiger partial charge in [0, 0.05) is 38.3 Å². The number of hydrogen-bond donors (Lipinski definition) is 0. The molecule has 0 unspecified atom stereocenters. The Morgan fingerprint density at radius 3 is 2.74 bits per heavy atom. The molecule has 0 radical (unpaired) electrons. The number of Topliss-reactive ketones (excluding diaryl/α,β-unsaturated/α-hetero) is 1. The monoisotopic (exact) mass is 374 g/mol. The zero-order valence-electron chi connectivity index (χ0n) is 16.0. The Bertz CT molecular complexity index is 715. The van der Waals surface area contributed by atoms with Crippen molar-refractivity contribution in [1.29, 1.82) is 0 Å². The van der Waals surface area contributed by atoms with Gasteiger partial charge in [0.25, 0.3) is 5.91 Å². The molecule has 0 bridgehead atoms. The molecule has 2 heterocycles. The molecule has 6 heteroatoms. The largest absolute Gasteiger partial charge is 0.382 e. The van der Waals surface area contributed by atoms with Crippen LogP contribution in [0.5, 0.6) is 0 Å². The van der Waals surface area contributed by atoms with Gasteiger partial charge < -0.3 is 9.74 Å². The number of carbonyl (C=O) groups is 2. The number of rotatable bonds is 6. The zero-order chi connectivity index (χ0) is 19.4. The number of amides is 1. The minimum Gasteiger partial charge on any atom is -0.382 e. The van der Waals surface area contributed by atoms with Crippen molar-refractivity contribution in [3.63, 3.8) is 0 Å². The number of piperidine rings is 1. The highest BCUT2D eigenvalue weighted by Gasteiger charge is 2.35. The quantitative estimate of drug-likeness (QED) is 0.767. The predicted molar refractivity (Wildman–Crippen MR) is 101 cm³/mol. The molecule has 3 rings (SSSR count). The van der Waals surface area contributed by atoms with Crippen LogP contribution < -0.4 is 0 Å². The minimum atomic E-state index is -0.612. The molecule has 1 aromatic rings. The lowest BCUT2D eigenvalue weighted by atomic mass is 9.89. The molecular formula is C21H27FN2O3. The summed E-state index contributed by atoms with van der Waals surface area (Å²) < 4.78 is 13.0. The van der Waals surface area contributed by atoms with E-state index in [4.69, 9.17) is 4.84 Å². The van der Waals surface area contributed by atoms with Crippen LogP contribution >= 0.6 is 0 Å². The Labute approximate surface area is 159 Å². The summed E-state index contributed by atoms with van der Waals surface area (Å²) in [6.07, 6.45) is 2.64. The molecule has 1 fully saturated rings. The predicted octanol–water partition coefficient (Wildman–Crippen LogP) is 3.37. The molecule has 2 aliphatic rings. The van der Waals surface area contributed by atoms with Crippen molar-refractivity contribution in [2.75, 3.05) is 13.1 Å². The van der Waals surface area contributed by atoms with E-state index in [-0.39, 0.29) is 23.4 Å². The van der Waals surface area contributed by atoms with Crippen LogP contribution in [0.2, 0.25) is 0 Å². The molecule has 0 N–H and O–H groups in total. The average molecular weight is 374 g/mol. The van der Waals surface area contributed by atoms with E-state index >= 15 is 0 Å². The van der Waals surface area contributed by atoms with E-state index in [1.807, 2.05) is 13.8 Å². The van der Waals surface area contributed by atoms with Crippen molar-refractivity contribution < 1.29 is 18.8 Å².